The van der Waals surface area contributed by atoms with Crippen LogP contribution in [-0.2, 0) is 7.05 Å². The predicted molar refractivity (Wildman–Crippen MR) is 70.8 cm³/mol. The summed E-state index contributed by atoms with van der Waals surface area (Å²) >= 11 is 1.43. The third-order valence-electron chi connectivity index (χ3n) is 2.37. The zero-order chi connectivity index (χ0) is 13.0. The molecular weight excluding hydrogens is 248 g/mol. The molecule has 0 radical (unpaired) electrons. The van der Waals surface area contributed by atoms with Gasteiger partial charge in [-0.15, -0.1) is 11.3 Å². The Morgan fingerprint density at radius 1 is 1.39 bits per heavy atom. The van der Waals surface area contributed by atoms with Gasteiger partial charge in [-0.05, 0) is 31.2 Å². The number of thiazole rings is 1. The molecule has 94 valence electrons. The molecule has 1 aromatic carbocycles. The Hall–Kier alpha value is -1.88. The molecule has 0 spiro atoms. The van der Waals surface area contributed by atoms with Crippen LogP contribution in [0.3, 0.4) is 0 Å². The second-order valence-electron chi connectivity index (χ2n) is 3.67. The van der Waals surface area contributed by atoms with Gasteiger partial charge < -0.3 is 9.30 Å². The zero-order valence-corrected chi connectivity index (χ0v) is 11.1. The fourth-order valence-electron chi connectivity index (χ4n) is 1.45. The molecule has 0 aliphatic heterocycles. The van der Waals surface area contributed by atoms with Crippen molar-refractivity contribution in [3.05, 3.63) is 46.2 Å². The first-order chi connectivity index (χ1) is 8.70. The number of carbonyl (C=O) groups is 1. The van der Waals surface area contributed by atoms with Gasteiger partial charge in [-0.3, -0.25) is 4.79 Å². The molecule has 1 heterocycles. The fourth-order valence-corrected chi connectivity index (χ4v) is 2.17. The summed E-state index contributed by atoms with van der Waals surface area (Å²) in [4.78, 5) is 16.7. The maximum Gasteiger partial charge on any atom is 0.279 e. The summed E-state index contributed by atoms with van der Waals surface area (Å²) in [5.41, 5.74) is 0.562. The van der Waals surface area contributed by atoms with Gasteiger partial charge in [0.2, 0.25) is 0 Å². The SMILES string of the molecule is CCOc1ccc(C(=O)N=c2sccn2C)cc1. The zero-order valence-electron chi connectivity index (χ0n) is 10.3. The van der Waals surface area contributed by atoms with Gasteiger partial charge in [0, 0.05) is 24.2 Å². The smallest absolute Gasteiger partial charge is 0.279 e. The van der Waals surface area contributed by atoms with Crippen molar-refractivity contribution in [2.75, 3.05) is 6.61 Å². The van der Waals surface area contributed by atoms with Gasteiger partial charge in [-0.2, -0.15) is 4.99 Å². The van der Waals surface area contributed by atoms with Gasteiger partial charge in [0.05, 0.1) is 6.61 Å². The Kier molecular flexibility index (Phi) is 3.94. The van der Waals surface area contributed by atoms with Crippen LogP contribution in [0.1, 0.15) is 17.3 Å². The highest BCUT2D eigenvalue weighted by molar-refractivity contribution is 7.07. The lowest BCUT2D eigenvalue weighted by atomic mass is 10.2. The Bertz CT molecular complexity index is 596. The van der Waals surface area contributed by atoms with E-state index in [2.05, 4.69) is 4.99 Å². The van der Waals surface area contributed by atoms with Crippen LogP contribution >= 0.6 is 11.3 Å². The van der Waals surface area contributed by atoms with Crippen molar-refractivity contribution >= 4 is 17.2 Å². The van der Waals surface area contributed by atoms with Crippen LogP contribution in [0.15, 0.2) is 40.8 Å². The molecule has 0 aliphatic carbocycles. The number of benzene rings is 1. The lowest BCUT2D eigenvalue weighted by Crippen LogP contribution is -2.12. The number of amides is 1. The van der Waals surface area contributed by atoms with Gasteiger partial charge in [0.15, 0.2) is 4.80 Å². The topological polar surface area (TPSA) is 43.6 Å². The summed E-state index contributed by atoms with van der Waals surface area (Å²) in [6, 6.07) is 7.01. The monoisotopic (exact) mass is 262 g/mol. The first-order valence-corrected chi connectivity index (χ1v) is 6.50. The molecule has 0 N–H and O–H groups in total. The summed E-state index contributed by atoms with van der Waals surface area (Å²) < 4.78 is 7.14. The predicted octanol–water partition coefficient (Wildman–Crippen LogP) is 2.23. The third-order valence-corrected chi connectivity index (χ3v) is 3.22. The van der Waals surface area contributed by atoms with Crippen molar-refractivity contribution < 1.29 is 9.53 Å². The van der Waals surface area contributed by atoms with Crippen molar-refractivity contribution in [2.45, 2.75) is 6.92 Å². The second kappa shape index (κ2) is 5.64. The molecule has 1 amide bonds. The molecule has 0 saturated carbocycles. The van der Waals surface area contributed by atoms with E-state index in [-0.39, 0.29) is 5.91 Å². The minimum atomic E-state index is -0.240. The molecule has 0 bridgehead atoms. The van der Waals surface area contributed by atoms with E-state index in [0.717, 1.165) is 5.75 Å². The summed E-state index contributed by atoms with van der Waals surface area (Å²) in [7, 11) is 1.86. The molecule has 4 nitrogen and oxygen atoms in total. The highest BCUT2D eigenvalue weighted by Crippen LogP contribution is 2.12. The molecule has 0 fully saturated rings. The third kappa shape index (κ3) is 2.87. The van der Waals surface area contributed by atoms with E-state index in [1.165, 1.54) is 11.3 Å². The Labute approximate surface area is 109 Å². The minimum Gasteiger partial charge on any atom is -0.494 e. The van der Waals surface area contributed by atoms with E-state index in [1.807, 2.05) is 30.1 Å². The number of hydrogen-bond donors (Lipinski definition) is 0. The highest BCUT2D eigenvalue weighted by Gasteiger charge is 2.04. The van der Waals surface area contributed by atoms with Gasteiger partial charge in [0.25, 0.3) is 5.91 Å². The van der Waals surface area contributed by atoms with Crippen molar-refractivity contribution in [2.24, 2.45) is 12.0 Å². The summed E-state index contributed by atoms with van der Waals surface area (Å²) in [6.45, 7) is 2.54. The van der Waals surface area contributed by atoms with Crippen LogP contribution in [-0.4, -0.2) is 17.1 Å². The quantitative estimate of drug-likeness (QED) is 0.851. The average molecular weight is 262 g/mol. The Morgan fingerprint density at radius 3 is 2.67 bits per heavy atom. The number of nitrogens with zero attached hydrogens (tertiary/aromatic N) is 2. The molecule has 5 heteroatoms. The lowest BCUT2D eigenvalue weighted by Gasteiger charge is -2.02. The molecule has 0 unspecified atom stereocenters. The van der Waals surface area contributed by atoms with E-state index >= 15 is 0 Å². The maximum atomic E-state index is 11.9. The van der Waals surface area contributed by atoms with E-state index in [0.29, 0.717) is 17.0 Å². The maximum absolute atomic E-state index is 11.9. The molecule has 1 aromatic heterocycles. The van der Waals surface area contributed by atoms with Gasteiger partial charge in [0.1, 0.15) is 5.75 Å². The first kappa shape index (κ1) is 12.6. The molecular formula is C13H14N2O2S. The minimum absolute atomic E-state index is 0.240. The molecule has 0 saturated heterocycles. The second-order valence-corrected chi connectivity index (χ2v) is 4.54. The normalized spacial score (nSPS) is 11.6. The van der Waals surface area contributed by atoms with Gasteiger partial charge >= 0.3 is 0 Å². The van der Waals surface area contributed by atoms with Gasteiger partial charge in [-0.1, -0.05) is 0 Å². The lowest BCUT2D eigenvalue weighted by molar-refractivity contribution is 0.0998. The molecule has 18 heavy (non-hydrogen) atoms. The van der Waals surface area contributed by atoms with Crippen LogP contribution in [0.4, 0.5) is 0 Å². The van der Waals surface area contributed by atoms with Crippen molar-refractivity contribution in [1.82, 2.24) is 4.57 Å². The standard InChI is InChI=1S/C13H14N2O2S/c1-3-17-11-6-4-10(5-7-11)12(16)14-13-15(2)8-9-18-13/h4-9H,3H2,1-2H3. The summed E-state index contributed by atoms with van der Waals surface area (Å²) in [6.07, 6.45) is 1.87. The number of rotatable bonds is 3. The van der Waals surface area contributed by atoms with E-state index < -0.39 is 0 Å². The summed E-state index contributed by atoms with van der Waals surface area (Å²) in [5.74, 6) is 0.520. The van der Waals surface area contributed by atoms with Crippen LogP contribution in [0, 0.1) is 0 Å². The Morgan fingerprint density at radius 2 is 2.11 bits per heavy atom. The van der Waals surface area contributed by atoms with Crippen LogP contribution < -0.4 is 9.54 Å². The van der Waals surface area contributed by atoms with E-state index in [9.17, 15) is 4.79 Å². The van der Waals surface area contributed by atoms with Crippen molar-refractivity contribution in [3.63, 3.8) is 0 Å². The van der Waals surface area contributed by atoms with Crippen LogP contribution in [0.2, 0.25) is 0 Å². The molecule has 0 aliphatic rings. The summed E-state index contributed by atoms with van der Waals surface area (Å²) in [5, 5.41) is 1.89. The van der Waals surface area contributed by atoms with Crippen LogP contribution in [0.5, 0.6) is 5.75 Å². The first-order valence-electron chi connectivity index (χ1n) is 5.62. The number of hydrogen-bond acceptors (Lipinski definition) is 3. The number of aromatic nitrogens is 1. The van der Waals surface area contributed by atoms with E-state index in [4.69, 9.17) is 4.74 Å². The Balaban J connectivity index is 2.22. The van der Waals surface area contributed by atoms with Crippen LogP contribution in [0.25, 0.3) is 0 Å². The van der Waals surface area contributed by atoms with E-state index in [1.54, 1.807) is 24.3 Å². The average Bonchev–Trinajstić information content (AvgIpc) is 2.76. The number of aryl methyl sites for hydroxylation is 1. The highest BCUT2D eigenvalue weighted by atomic mass is 32.1. The van der Waals surface area contributed by atoms with Crippen molar-refractivity contribution in [1.29, 1.82) is 0 Å². The molecule has 2 aromatic rings. The fraction of sp³-hybridized carbons (Fsp3) is 0.231. The molecule has 2 rings (SSSR count). The van der Waals surface area contributed by atoms with Crippen molar-refractivity contribution in [3.8, 4) is 5.75 Å². The molecule has 0 atom stereocenters. The number of ether oxygens (including phenoxy) is 1. The largest absolute Gasteiger partial charge is 0.494 e. The number of carbonyl (C=O) groups excluding carboxylic acids is 1. The van der Waals surface area contributed by atoms with Gasteiger partial charge in [-0.25, -0.2) is 0 Å².